The number of nitrogens with zero attached hydrogens (tertiary/aromatic N) is 2. The van der Waals surface area contributed by atoms with Gasteiger partial charge >= 0.3 is 5.97 Å². The summed E-state index contributed by atoms with van der Waals surface area (Å²) in [6.07, 6.45) is 0. The summed E-state index contributed by atoms with van der Waals surface area (Å²) in [7, 11) is 0. The van der Waals surface area contributed by atoms with E-state index in [9.17, 15) is 4.79 Å². The van der Waals surface area contributed by atoms with Crippen molar-refractivity contribution in [3.05, 3.63) is 28.8 Å². The zero-order valence-corrected chi connectivity index (χ0v) is 10.7. The minimum atomic E-state index is -0.759. The molecule has 2 atom stereocenters. The van der Waals surface area contributed by atoms with Gasteiger partial charge in [-0.15, -0.1) is 0 Å². The first-order valence-electron chi connectivity index (χ1n) is 5.70. The number of rotatable bonds is 2. The van der Waals surface area contributed by atoms with Gasteiger partial charge in [-0.1, -0.05) is 18.5 Å². The molecule has 0 saturated carbocycles. The summed E-state index contributed by atoms with van der Waals surface area (Å²) in [4.78, 5) is 13.1. The van der Waals surface area contributed by atoms with E-state index in [4.69, 9.17) is 22.0 Å². The number of carboxylic acid groups (broad SMARTS) is 1. The molecule has 1 aromatic rings. The van der Waals surface area contributed by atoms with Crippen LogP contribution in [0.1, 0.15) is 12.5 Å². The lowest BCUT2D eigenvalue weighted by Crippen LogP contribution is -2.23. The molecule has 4 nitrogen and oxygen atoms in total. The quantitative estimate of drug-likeness (QED) is 0.891. The number of benzene rings is 1. The van der Waals surface area contributed by atoms with Crippen LogP contribution in [0.25, 0.3) is 0 Å². The Labute approximate surface area is 110 Å². The molecule has 18 heavy (non-hydrogen) atoms. The molecule has 0 unspecified atom stereocenters. The molecule has 0 spiro atoms. The Hall–Kier alpha value is -1.73. The highest BCUT2D eigenvalue weighted by atomic mass is 35.5. The Balaban J connectivity index is 2.22. The normalized spacial score (nSPS) is 22.8. The number of halogens is 1. The van der Waals surface area contributed by atoms with E-state index < -0.39 is 5.97 Å². The average Bonchev–Trinajstić information content (AvgIpc) is 2.71. The Morgan fingerprint density at radius 3 is 2.78 bits per heavy atom. The second-order valence-corrected chi connectivity index (χ2v) is 5.01. The van der Waals surface area contributed by atoms with Gasteiger partial charge in [-0.25, -0.2) is 0 Å². The Kier molecular flexibility index (Phi) is 3.44. The van der Waals surface area contributed by atoms with Gasteiger partial charge in [0.25, 0.3) is 0 Å². The molecular weight excluding hydrogens is 252 g/mol. The first kappa shape index (κ1) is 12.7. The van der Waals surface area contributed by atoms with Crippen molar-refractivity contribution in [2.24, 2.45) is 11.8 Å². The highest BCUT2D eigenvalue weighted by Gasteiger charge is 2.34. The van der Waals surface area contributed by atoms with Crippen molar-refractivity contribution in [3.8, 4) is 6.07 Å². The van der Waals surface area contributed by atoms with E-state index in [-0.39, 0.29) is 11.8 Å². The lowest BCUT2D eigenvalue weighted by Gasteiger charge is -2.18. The first-order chi connectivity index (χ1) is 8.52. The van der Waals surface area contributed by atoms with Crippen molar-refractivity contribution in [1.82, 2.24) is 0 Å². The second kappa shape index (κ2) is 4.87. The maximum Gasteiger partial charge on any atom is 0.308 e. The monoisotopic (exact) mass is 264 g/mol. The molecule has 2 rings (SSSR count). The van der Waals surface area contributed by atoms with E-state index in [0.29, 0.717) is 23.7 Å². The highest BCUT2D eigenvalue weighted by Crippen LogP contribution is 2.30. The molecule has 1 aliphatic heterocycles. The van der Waals surface area contributed by atoms with Crippen LogP contribution in [0.2, 0.25) is 5.02 Å². The zero-order valence-electron chi connectivity index (χ0n) is 9.93. The molecule has 5 heteroatoms. The van der Waals surface area contributed by atoms with Gasteiger partial charge in [-0.3, -0.25) is 4.79 Å². The number of carbonyl (C=O) groups is 1. The van der Waals surface area contributed by atoms with Gasteiger partial charge in [0, 0.05) is 18.8 Å². The predicted molar refractivity (Wildman–Crippen MR) is 68.7 cm³/mol. The molecule has 0 aromatic heterocycles. The Morgan fingerprint density at radius 1 is 1.56 bits per heavy atom. The van der Waals surface area contributed by atoms with E-state index in [2.05, 4.69) is 0 Å². The standard InChI is InChI=1S/C13H13ClN2O2/c1-8-6-16(7-11(8)13(17)18)10-3-2-9(5-15)12(14)4-10/h2-4,8,11H,6-7H2,1H3,(H,17,18)/t8-,11-/m1/s1. The maximum absolute atomic E-state index is 11.1. The fourth-order valence-electron chi connectivity index (χ4n) is 2.29. The van der Waals surface area contributed by atoms with E-state index in [1.54, 1.807) is 18.2 Å². The minimum Gasteiger partial charge on any atom is -0.481 e. The van der Waals surface area contributed by atoms with Crippen LogP contribution in [-0.2, 0) is 4.79 Å². The topological polar surface area (TPSA) is 64.3 Å². The van der Waals surface area contributed by atoms with Crippen molar-refractivity contribution < 1.29 is 9.90 Å². The summed E-state index contributed by atoms with van der Waals surface area (Å²) in [5.41, 5.74) is 1.30. The first-order valence-corrected chi connectivity index (χ1v) is 6.08. The predicted octanol–water partition coefficient (Wildman–Crippen LogP) is 2.37. The summed E-state index contributed by atoms with van der Waals surface area (Å²) in [6.45, 7) is 3.11. The third-order valence-corrected chi connectivity index (χ3v) is 3.68. The molecule has 0 aliphatic carbocycles. The maximum atomic E-state index is 11.1. The molecule has 1 saturated heterocycles. The fourth-order valence-corrected chi connectivity index (χ4v) is 2.51. The number of nitriles is 1. The van der Waals surface area contributed by atoms with Crippen molar-refractivity contribution in [1.29, 1.82) is 5.26 Å². The van der Waals surface area contributed by atoms with Crippen LogP contribution in [0.3, 0.4) is 0 Å². The smallest absolute Gasteiger partial charge is 0.308 e. The Morgan fingerprint density at radius 2 is 2.28 bits per heavy atom. The summed E-state index contributed by atoms with van der Waals surface area (Å²) in [5, 5.41) is 18.3. The average molecular weight is 265 g/mol. The molecule has 1 aliphatic rings. The lowest BCUT2D eigenvalue weighted by atomic mass is 9.99. The van der Waals surface area contributed by atoms with Crippen LogP contribution in [0.4, 0.5) is 5.69 Å². The van der Waals surface area contributed by atoms with Gasteiger partial charge in [-0.2, -0.15) is 5.26 Å². The van der Waals surface area contributed by atoms with Gasteiger partial charge in [0.1, 0.15) is 6.07 Å². The highest BCUT2D eigenvalue weighted by molar-refractivity contribution is 6.32. The van der Waals surface area contributed by atoms with Crippen LogP contribution in [-0.4, -0.2) is 24.2 Å². The van der Waals surface area contributed by atoms with E-state index in [1.165, 1.54) is 0 Å². The third kappa shape index (κ3) is 2.27. The van der Waals surface area contributed by atoms with Crippen LogP contribution >= 0.6 is 11.6 Å². The molecule has 0 radical (unpaired) electrons. The molecule has 1 aromatic carbocycles. The number of carboxylic acids is 1. The van der Waals surface area contributed by atoms with Crippen LogP contribution in [0.15, 0.2) is 18.2 Å². The van der Waals surface area contributed by atoms with Gasteiger partial charge in [0.15, 0.2) is 0 Å². The number of hydrogen-bond donors (Lipinski definition) is 1. The summed E-state index contributed by atoms with van der Waals surface area (Å²) >= 11 is 5.98. The lowest BCUT2D eigenvalue weighted by molar-refractivity contribution is -0.142. The van der Waals surface area contributed by atoms with Crippen LogP contribution < -0.4 is 4.90 Å². The van der Waals surface area contributed by atoms with Gasteiger partial charge in [-0.05, 0) is 24.1 Å². The summed E-state index contributed by atoms with van der Waals surface area (Å²) in [6, 6.07) is 7.19. The molecule has 1 N–H and O–H groups in total. The number of aliphatic carboxylic acids is 1. The molecule has 0 amide bonds. The van der Waals surface area contributed by atoms with Crippen molar-refractivity contribution in [2.45, 2.75) is 6.92 Å². The fraction of sp³-hybridized carbons (Fsp3) is 0.385. The second-order valence-electron chi connectivity index (χ2n) is 4.60. The van der Waals surface area contributed by atoms with Crippen molar-refractivity contribution in [2.75, 3.05) is 18.0 Å². The van der Waals surface area contributed by atoms with E-state index in [1.807, 2.05) is 17.9 Å². The molecule has 1 fully saturated rings. The number of anilines is 1. The van der Waals surface area contributed by atoms with Crippen molar-refractivity contribution in [3.63, 3.8) is 0 Å². The molecule has 1 heterocycles. The van der Waals surface area contributed by atoms with Crippen LogP contribution in [0.5, 0.6) is 0 Å². The third-order valence-electron chi connectivity index (χ3n) is 3.37. The van der Waals surface area contributed by atoms with E-state index >= 15 is 0 Å². The summed E-state index contributed by atoms with van der Waals surface area (Å²) < 4.78 is 0. The summed E-state index contributed by atoms with van der Waals surface area (Å²) in [5.74, 6) is -0.999. The van der Waals surface area contributed by atoms with Gasteiger partial charge in [0.2, 0.25) is 0 Å². The van der Waals surface area contributed by atoms with Crippen LogP contribution in [0, 0.1) is 23.2 Å². The molecule has 94 valence electrons. The van der Waals surface area contributed by atoms with Gasteiger partial charge < -0.3 is 10.0 Å². The Bertz CT molecular complexity index is 524. The largest absolute Gasteiger partial charge is 0.481 e. The molecular formula is C13H13ClN2O2. The van der Waals surface area contributed by atoms with Gasteiger partial charge in [0.05, 0.1) is 16.5 Å². The van der Waals surface area contributed by atoms with E-state index in [0.717, 1.165) is 5.69 Å². The van der Waals surface area contributed by atoms with Crippen molar-refractivity contribution >= 4 is 23.3 Å². The SMILES string of the molecule is C[C@@H]1CN(c2ccc(C#N)c(Cl)c2)C[C@H]1C(=O)O. The number of hydrogen-bond acceptors (Lipinski definition) is 3. The minimum absolute atomic E-state index is 0.108. The zero-order chi connectivity index (χ0) is 13.3. The molecule has 0 bridgehead atoms.